The largest absolute Gasteiger partial charge is 0.395 e. The van der Waals surface area contributed by atoms with Crippen LogP contribution in [0.15, 0.2) is 23.0 Å². The van der Waals surface area contributed by atoms with Crippen molar-refractivity contribution in [1.29, 1.82) is 0 Å². The topological polar surface area (TPSA) is 58.0 Å². The molecule has 0 bridgehead atoms. The van der Waals surface area contributed by atoms with E-state index in [1.54, 1.807) is 4.57 Å². The molecule has 0 aliphatic heterocycles. The summed E-state index contributed by atoms with van der Waals surface area (Å²) in [4.78, 5) is 14.3. The van der Waals surface area contributed by atoms with Crippen molar-refractivity contribution in [3.8, 4) is 0 Å². The van der Waals surface area contributed by atoms with Gasteiger partial charge in [0.15, 0.2) is 0 Å². The lowest BCUT2D eigenvalue weighted by atomic mass is 10.2. The van der Waals surface area contributed by atoms with Crippen LogP contribution in [0.4, 0.5) is 0 Å². The van der Waals surface area contributed by atoms with E-state index in [1.165, 1.54) is 0 Å². The summed E-state index contributed by atoms with van der Waals surface area (Å²) in [6, 6.07) is 5.72. The number of fused-ring (bicyclic) bond motifs is 1. The first kappa shape index (κ1) is 9.02. The Balaban J connectivity index is 2.77. The fourth-order valence-corrected chi connectivity index (χ4v) is 1.65. The van der Waals surface area contributed by atoms with Crippen molar-refractivity contribution >= 4 is 11.0 Å². The number of aryl methyl sites for hydroxylation is 1. The first-order chi connectivity index (χ1) is 6.74. The van der Waals surface area contributed by atoms with Gasteiger partial charge in [-0.1, -0.05) is 12.1 Å². The lowest BCUT2D eigenvalue weighted by Gasteiger charge is -1.99. The monoisotopic (exact) mass is 192 g/mol. The summed E-state index contributed by atoms with van der Waals surface area (Å²) in [5.74, 6) is 0. The number of nitrogens with zero attached hydrogens (tertiary/aromatic N) is 1. The number of hydrogen-bond donors (Lipinski definition) is 2. The zero-order valence-corrected chi connectivity index (χ0v) is 7.95. The van der Waals surface area contributed by atoms with Gasteiger partial charge in [0.05, 0.1) is 24.2 Å². The maximum atomic E-state index is 11.5. The predicted molar refractivity (Wildman–Crippen MR) is 54.4 cm³/mol. The number of H-pyrrole nitrogens is 1. The number of hydrogen-bond acceptors (Lipinski definition) is 2. The van der Waals surface area contributed by atoms with E-state index in [4.69, 9.17) is 5.11 Å². The molecule has 0 spiro atoms. The van der Waals surface area contributed by atoms with Gasteiger partial charge in [-0.3, -0.25) is 4.57 Å². The maximum Gasteiger partial charge on any atom is 0.326 e. The predicted octanol–water partition coefficient (Wildman–Crippen LogP) is 0.630. The van der Waals surface area contributed by atoms with Crippen LogP contribution >= 0.6 is 0 Å². The molecular weight excluding hydrogens is 180 g/mol. The average Bonchev–Trinajstić information content (AvgIpc) is 2.47. The van der Waals surface area contributed by atoms with E-state index >= 15 is 0 Å². The molecule has 2 N–H and O–H groups in total. The molecule has 0 fully saturated rings. The average molecular weight is 192 g/mol. The number of aromatic amines is 1. The van der Waals surface area contributed by atoms with Gasteiger partial charge in [0, 0.05) is 0 Å². The standard InChI is InChI=1S/C10H12N2O2/c1-7-3-2-4-8-9(7)11-10(14)12(8)5-6-13/h2-4,13H,5-6H2,1H3,(H,11,14). The molecule has 0 radical (unpaired) electrons. The molecule has 4 nitrogen and oxygen atoms in total. The highest BCUT2D eigenvalue weighted by Gasteiger charge is 2.06. The number of benzene rings is 1. The van der Waals surface area contributed by atoms with Crippen LogP contribution < -0.4 is 5.69 Å². The van der Waals surface area contributed by atoms with Crippen LogP contribution in [0, 0.1) is 6.92 Å². The molecule has 0 aliphatic rings. The van der Waals surface area contributed by atoms with Crippen molar-refractivity contribution in [2.75, 3.05) is 6.61 Å². The van der Waals surface area contributed by atoms with Gasteiger partial charge in [-0.15, -0.1) is 0 Å². The molecule has 1 aromatic carbocycles. The van der Waals surface area contributed by atoms with Crippen molar-refractivity contribution in [3.05, 3.63) is 34.2 Å². The van der Waals surface area contributed by atoms with Crippen LogP contribution in [-0.4, -0.2) is 21.3 Å². The number of aliphatic hydroxyl groups excluding tert-OH is 1. The van der Waals surface area contributed by atoms with Crippen LogP contribution in [0.2, 0.25) is 0 Å². The highest BCUT2D eigenvalue weighted by molar-refractivity contribution is 5.78. The minimum Gasteiger partial charge on any atom is -0.395 e. The number of rotatable bonds is 2. The van der Waals surface area contributed by atoms with Crippen molar-refractivity contribution in [3.63, 3.8) is 0 Å². The van der Waals surface area contributed by atoms with Crippen molar-refractivity contribution in [2.24, 2.45) is 0 Å². The third-order valence-corrected chi connectivity index (χ3v) is 2.34. The molecule has 1 heterocycles. The number of para-hydroxylation sites is 1. The van der Waals surface area contributed by atoms with Gasteiger partial charge in [0.2, 0.25) is 0 Å². The highest BCUT2D eigenvalue weighted by atomic mass is 16.3. The van der Waals surface area contributed by atoms with Crippen LogP contribution in [0.25, 0.3) is 11.0 Å². The summed E-state index contributed by atoms with van der Waals surface area (Å²) in [6.45, 7) is 2.25. The van der Waals surface area contributed by atoms with Crippen molar-refractivity contribution < 1.29 is 5.11 Å². The Kier molecular flexibility index (Phi) is 2.13. The van der Waals surface area contributed by atoms with Crippen molar-refractivity contribution in [2.45, 2.75) is 13.5 Å². The molecule has 0 aliphatic carbocycles. The van der Waals surface area contributed by atoms with Gasteiger partial charge in [-0.05, 0) is 18.6 Å². The van der Waals surface area contributed by atoms with Crippen LogP contribution in [-0.2, 0) is 6.54 Å². The van der Waals surface area contributed by atoms with Gasteiger partial charge in [0.25, 0.3) is 0 Å². The van der Waals surface area contributed by atoms with E-state index in [0.717, 1.165) is 16.6 Å². The molecule has 74 valence electrons. The number of aliphatic hydroxyl groups is 1. The first-order valence-electron chi connectivity index (χ1n) is 4.53. The lowest BCUT2D eigenvalue weighted by molar-refractivity contribution is 0.276. The summed E-state index contributed by atoms with van der Waals surface area (Å²) in [5, 5.41) is 8.82. The molecule has 0 saturated carbocycles. The Morgan fingerprint density at radius 1 is 1.50 bits per heavy atom. The summed E-state index contributed by atoms with van der Waals surface area (Å²) in [5.41, 5.74) is 2.58. The second kappa shape index (κ2) is 3.31. The minimum atomic E-state index is -0.164. The SMILES string of the molecule is Cc1cccc2c1[nH]c(=O)n2CCO. The molecule has 4 heteroatoms. The quantitative estimate of drug-likeness (QED) is 0.733. The molecule has 0 unspecified atom stereocenters. The van der Waals surface area contributed by atoms with E-state index in [1.807, 2.05) is 25.1 Å². The molecule has 1 aromatic heterocycles. The normalized spacial score (nSPS) is 11.0. The molecule has 2 rings (SSSR count). The first-order valence-corrected chi connectivity index (χ1v) is 4.53. The number of nitrogens with one attached hydrogen (secondary N) is 1. The molecule has 0 amide bonds. The van der Waals surface area contributed by atoms with Crippen LogP contribution in [0.1, 0.15) is 5.56 Å². The second-order valence-electron chi connectivity index (χ2n) is 3.27. The zero-order valence-electron chi connectivity index (χ0n) is 7.95. The summed E-state index contributed by atoms with van der Waals surface area (Å²) in [7, 11) is 0. The maximum absolute atomic E-state index is 11.5. The Labute approximate surface area is 80.8 Å². The smallest absolute Gasteiger partial charge is 0.326 e. The van der Waals surface area contributed by atoms with Crippen LogP contribution in [0.3, 0.4) is 0 Å². The minimum absolute atomic E-state index is 0.0270. The van der Waals surface area contributed by atoms with Gasteiger partial charge in [0.1, 0.15) is 0 Å². The fraction of sp³-hybridized carbons (Fsp3) is 0.300. The van der Waals surface area contributed by atoms with E-state index < -0.39 is 0 Å². The summed E-state index contributed by atoms with van der Waals surface area (Å²) < 4.78 is 1.54. The molecule has 0 atom stereocenters. The van der Waals surface area contributed by atoms with Gasteiger partial charge in [-0.2, -0.15) is 0 Å². The highest BCUT2D eigenvalue weighted by Crippen LogP contribution is 2.13. The Morgan fingerprint density at radius 2 is 2.29 bits per heavy atom. The zero-order chi connectivity index (χ0) is 10.1. The van der Waals surface area contributed by atoms with E-state index in [9.17, 15) is 4.79 Å². The Hall–Kier alpha value is -1.55. The third kappa shape index (κ3) is 1.24. The lowest BCUT2D eigenvalue weighted by Crippen LogP contribution is -2.18. The number of aromatic nitrogens is 2. The Morgan fingerprint density at radius 3 is 3.00 bits per heavy atom. The van der Waals surface area contributed by atoms with Crippen LogP contribution in [0.5, 0.6) is 0 Å². The van der Waals surface area contributed by atoms with Gasteiger partial charge in [-0.25, -0.2) is 4.79 Å². The van der Waals surface area contributed by atoms with Gasteiger partial charge >= 0.3 is 5.69 Å². The van der Waals surface area contributed by atoms with Crippen molar-refractivity contribution in [1.82, 2.24) is 9.55 Å². The third-order valence-electron chi connectivity index (χ3n) is 2.34. The molecule has 0 saturated heterocycles. The van der Waals surface area contributed by atoms with E-state index in [0.29, 0.717) is 6.54 Å². The summed E-state index contributed by atoms with van der Waals surface area (Å²) in [6.07, 6.45) is 0. The second-order valence-corrected chi connectivity index (χ2v) is 3.27. The number of imidazole rings is 1. The Bertz CT molecular complexity index is 510. The molecular formula is C10H12N2O2. The van der Waals surface area contributed by atoms with E-state index in [-0.39, 0.29) is 12.3 Å². The fourth-order valence-electron chi connectivity index (χ4n) is 1.65. The van der Waals surface area contributed by atoms with E-state index in [2.05, 4.69) is 4.98 Å². The summed E-state index contributed by atoms with van der Waals surface area (Å²) >= 11 is 0. The van der Waals surface area contributed by atoms with Gasteiger partial charge < -0.3 is 10.1 Å². The molecule has 14 heavy (non-hydrogen) atoms. The molecule has 2 aromatic rings.